The molecule has 0 fully saturated rings. The van der Waals surface area contributed by atoms with E-state index in [-0.39, 0.29) is 26.2 Å². The Morgan fingerprint density at radius 3 is 0.244 bits per heavy atom. The van der Waals surface area contributed by atoms with Crippen molar-refractivity contribution in [1.29, 1.82) is 0 Å². The summed E-state index contributed by atoms with van der Waals surface area (Å²) in [5.41, 5.74) is 5.69. The third-order valence-corrected chi connectivity index (χ3v) is 33.3. The molecule has 0 saturated carbocycles. The van der Waals surface area contributed by atoms with Crippen molar-refractivity contribution in [3.8, 4) is 0 Å². The monoisotopic (exact) mass is 786 g/mol. The van der Waals surface area contributed by atoms with Gasteiger partial charge in [0.25, 0.3) is 0 Å². The van der Waals surface area contributed by atoms with Crippen LogP contribution in [0.2, 0.25) is 66.5 Å². The first-order valence-electron chi connectivity index (χ1n) is 18.2. The second-order valence-electron chi connectivity index (χ2n) is 17.4. The van der Waals surface area contributed by atoms with Crippen LogP contribution in [0.4, 0.5) is 0 Å². The van der Waals surface area contributed by atoms with Gasteiger partial charge in [0.05, 0.1) is 0 Å². The maximum atomic E-state index is 10.4. The third kappa shape index (κ3) is 16.0. The molecule has 0 rings (SSSR count). The van der Waals surface area contributed by atoms with Crippen LogP contribution in [-0.4, -0.2) is 52.5 Å². The van der Waals surface area contributed by atoms with E-state index in [2.05, 4.69) is 166 Å². The first kappa shape index (κ1) is 56.0. The maximum Gasteiger partial charge on any atom is 0.196 e. The molecule has 0 aliphatic heterocycles. The molecule has 0 amide bonds. The minimum absolute atomic E-state index is 0. The summed E-state index contributed by atoms with van der Waals surface area (Å²) in [4.78, 5) is 41.5. The normalized spacial score (nSPS) is 13.3. The molecule has 0 radical (unpaired) electrons. The van der Waals surface area contributed by atoms with Crippen molar-refractivity contribution >= 4 is 33.3 Å². The fraction of sp³-hybridized carbons (Fsp3) is 1.00. The largest absolute Gasteiger partial charge is 0.431 e. The molecule has 0 saturated heterocycles. The fourth-order valence-corrected chi connectivity index (χ4v) is 24.0. The van der Waals surface area contributed by atoms with Crippen LogP contribution in [-0.2, 0) is 26.2 Å². The minimum atomic E-state index is -1.98. The van der Waals surface area contributed by atoms with Crippen LogP contribution >= 0.6 is 0 Å². The molecule has 0 aliphatic carbocycles. The van der Waals surface area contributed by atoms with Gasteiger partial charge in [0, 0.05) is 26.2 Å². The summed E-state index contributed by atoms with van der Waals surface area (Å²) in [5.74, 6) is 0. The molecule has 45 heavy (non-hydrogen) atoms. The molecular weight excluding hydrogens is 700 g/mol. The standard InChI is InChI=1S/4C9H22OSi.Zr/c4*1-7(2)11(10,8(3)4)9(5)6;/h4*7-10H,1-6H3;. The van der Waals surface area contributed by atoms with Crippen molar-refractivity contribution in [1.82, 2.24) is 0 Å². The summed E-state index contributed by atoms with van der Waals surface area (Å²) in [6.45, 7) is 51.5. The topological polar surface area (TPSA) is 80.9 Å². The van der Waals surface area contributed by atoms with Crippen LogP contribution in [0.15, 0.2) is 0 Å². The molecule has 0 spiro atoms. The molecule has 0 aromatic carbocycles. The molecule has 0 aromatic rings. The molecule has 0 aromatic heterocycles. The summed E-state index contributed by atoms with van der Waals surface area (Å²) < 4.78 is 0. The summed E-state index contributed by atoms with van der Waals surface area (Å²) in [7, 11) is -7.93. The zero-order valence-corrected chi connectivity index (χ0v) is 41.7. The molecule has 0 heterocycles. The zero-order valence-electron chi connectivity index (χ0n) is 35.2. The quantitative estimate of drug-likeness (QED) is 0.149. The van der Waals surface area contributed by atoms with E-state index >= 15 is 0 Å². The summed E-state index contributed by atoms with van der Waals surface area (Å²) >= 11 is 0. The van der Waals surface area contributed by atoms with E-state index in [0.29, 0.717) is 66.5 Å². The van der Waals surface area contributed by atoms with Crippen molar-refractivity contribution in [2.45, 2.75) is 233 Å². The molecule has 0 unspecified atom stereocenters. The van der Waals surface area contributed by atoms with Crippen LogP contribution in [0.1, 0.15) is 166 Å². The predicted molar refractivity (Wildman–Crippen MR) is 213 cm³/mol. The van der Waals surface area contributed by atoms with Gasteiger partial charge in [-0.15, -0.1) is 0 Å². The molecule has 0 aliphatic rings. The van der Waals surface area contributed by atoms with Crippen LogP contribution < -0.4 is 0 Å². The molecular formula is C36H88O4Si4Zr. The van der Waals surface area contributed by atoms with E-state index in [9.17, 15) is 19.2 Å². The number of hydrogen-bond donors (Lipinski definition) is 4. The van der Waals surface area contributed by atoms with Gasteiger partial charge in [-0.3, -0.25) is 0 Å². The van der Waals surface area contributed by atoms with Crippen molar-refractivity contribution in [2.75, 3.05) is 0 Å². The molecule has 4 N–H and O–H groups in total. The van der Waals surface area contributed by atoms with Gasteiger partial charge in [-0.05, 0) is 66.5 Å². The predicted octanol–water partition coefficient (Wildman–Crippen LogP) is 12.6. The van der Waals surface area contributed by atoms with Crippen molar-refractivity contribution in [2.24, 2.45) is 0 Å². The van der Waals surface area contributed by atoms with E-state index < -0.39 is 33.3 Å². The Hall–Kier alpha value is 1.59. The summed E-state index contributed by atoms with van der Waals surface area (Å²) in [6, 6.07) is 0. The van der Waals surface area contributed by atoms with Crippen molar-refractivity contribution in [3.05, 3.63) is 0 Å². The van der Waals surface area contributed by atoms with Gasteiger partial charge in [-0.25, -0.2) is 0 Å². The second-order valence-corrected chi connectivity index (χ2v) is 38.4. The van der Waals surface area contributed by atoms with E-state index in [1.165, 1.54) is 0 Å². The Morgan fingerprint density at radius 1 is 0.200 bits per heavy atom. The SMILES string of the molecule is CC(C)[Si](O)(C(C)C)C(C)C.CC(C)[Si](O)(C(C)C)C(C)C.CC(C)[Si](O)(C(C)C)C(C)C.CC(C)[Si](O)(C(C)C)C(C)C.[Zr]. The Bertz CT molecular complexity index is 515. The second kappa shape index (κ2) is 23.9. The van der Waals surface area contributed by atoms with Crippen LogP contribution in [0, 0.1) is 0 Å². The fourth-order valence-electron chi connectivity index (χ4n) is 8.00. The Morgan fingerprint density at radius 2 is 0.244 bits per heavy atom. The smallest absolute Gasteiger partial charge is 0.196 e. The first-order valence-corrected chi connectivity index (χ1v) is 26.9. The van der Waals surface area contributed by atoms with Crippen molar-refractivity contribution < 1.29 is 45.4 Å². The van der Waals surface area contributed by atoms with E-state index in [4.69, 9.17) is 0 Å². The van der Waals surface area contributed by atoms with E-state index in [0.717, 1.165) is 0 Å². The molecule has 9 heteroatoms. The molecule has 276 valence electrons. The number of hydrogen-bond acceptors (Lipinski definition) is 4. The van der Waals surface area contributed by atoms with Gasteiger partial charge in [-0.1, -0.05) is 166 Å². The van der Waals surface area contributed by atoms with Crippen molar-refractivity contribution in [3.63, 3.8) is 0 Å². The van der Waals surface area contributed by atoms with Crippen LogP contribution in [0.5, 0.6) is 0 Å². The minimum Gasteiger partial charge on any atom is -0.431 e. The van der Waals surface area contributed by atoms with Crippen LogP contribution in [0.3, 0.4) is 0 Å². The Kier molecular flexibility index (Phi) is 29.7. The molecule has 4 nitrogen and oxygen atoms in total. The third-order valence-electron chi connectivity index (χ3n) is 11.1. The van der Waals surface area contributed by atoms with Gasteiger partial charge >= 0.3 is 0 Å². The van der Waals surface area contributed by atoms with Gasteiger partial charge in [0.15, 0.2) is 33.3 Å². The average molecular weight is 789 g/mol. The average Bonchev–Trinajstić information content (AvgIpc) is 2.85. The Labute approximate surface area is 309 Å². The molecule has 0 atom stereocenters. The summed E-state index contributed by atoms with van der Waals surface area (Å²) in [6.07, 6.45) is 0. The maximum absolute atomic E-state index is 10.4. The van der Waals surface area contributed by atoms with Gasteiger partial charge in [0.2, 0.25) is 0 Å². The summed E-state index contributed by atoms with van der Waals surface area (Å²) in [5, 5.41) is 0. The van der Waals surface area contributed by atoms with E-state index in [1.807, 2.05) is 0 Å². The zero-order chi connectivity index (χ0) is 36.9. The molecule has 0 bridgehead atoms. The number of rotatable bonds is 12. The van der Waals surface area contributed by atoms with Gasteiger partial charge < -0.3 is 19.2 Å². The Balaban J connectivity index is -0.000000157. The van der Waals surface area contributed by atoms with E-state index in [1.54, 1.807) is 0 Å². The van der Waals surface area contributed by atoms with Gasteiger partial charge in [0.1, 0.15) is 0 Å². The van der Waals surface area contributed by atoms with Gasteiger partial charge in [-0.2, -0.15) is 0 Å². The van der Waals surface area contributed by atoms with Crippen LogP contribution in [0.25, 0.3) is 0 Å². The first-order chi connectivity index (χ1) is 19.3.